The van der Waals surface area contributed by atoms with Crippen LogP contribution >= 0.6 is 11.3 Å². The highest BCUT2D eigenvalue weighted by molar-refractivity contribution is 7.15. The molecular formula is C23H26N8O2S. The molecule has 1 saturated carbocycles. The topological polar surface area (TPSA) is 142 Å². The number of nitrogens with zero attached hydrogens (tertiary/aromatic N) is 6. The molecule has 2 atom stereocenters. The van der Waals surface area contributed by atoms with Crippen LogP contribution in [0.4, 0.5) is 5.69 Å². The lowest BCUT2D eigenvalue weighted by Gasteiger charge is -2.21. The molecule has 11 heteroatoms. The SMILES string of the molecule is CC[C@@H]1CN(C(=O)C2(C#N)CC2)C[C@H]1Nc1c(C(N)=O)cnn2cc(-c3sc(C)nc3C)nc12. The Morgan fingerprint density at radius 3 is 2.68 bits per heavy atom. The van der Waals surface area contributed by atoms with Gasteiger partial charge in [0.1, 0.15) is 11.1 Å². The first-order valence-corrected chi connectivity index (χ1v) is 12.2. The van der Waals surface area contributed by atoms with E-state index < -0.39 is 11.3 Å². The average Bonchev–Trinajstić information content (AvgIpc) is 3.13. The first kappa shape index (κ1) is 22.3. The summed E-state index contributed by atoms with van der Waals surface area (Å²) in [5, 5.41) is 18.2. The Labute approximate surface area is 200 Å². The van der Waals surface area contributed by atoms with Crippen molar-refractivity contribution >= 4 is 34.5 Å². The zero-order chi connectivity index (χ0) is 24.2. The van der Waals surface area contributed by atoms with Crippen LogP contribution < -0.4 is 11.1 Å². The third kappa shape index (κ3) is 3.58. The van der Waals surface area contributed by atoms with Gasteiger partial charge in [-0.3, -0.25) is 9.59 Å². The summed E-state index contributed by atoms with van der Waals surface area (Å²) < 4.78 is 1.63. The van der Waals surface area contributed by atoms with E-state index in [0.29, 0.717) is 37.3 Å². The van der Waals surface area contributed by atoms with Crippen LogP contribution in [0, 0.1) is 36.5 Å². The number of aromatic nitrogens is 4. The van der Waals surface area contributed by atoms with Gasteiger partial charge in [0, 0.05) is 19.1 Å². The summed E-state index contributed by atoms with van der Waals surface area (Å²) in [7, 11) is 0. The number of thiazole rings is 1. The van der Waals surface area contributed by atoms with Crippen LogP contribution in [0.2, 0.25) is 0 Å². The summed E-state index contributed by atoms with van der Waals surface area (Å²) in [6.07, 6.45) is 5.35. The predicted octanol–water partition coefficient (Wildman–Crippen LogP) is 2.52. The van der Waals surface area contributed by atoms with E-state index in [0.717, 1.165) is 27.7 Å². The number of primary amides is 1. The average molecular weight is 479 g/mol. The van der Waals surface area contributed by atoms with Crippen molar-refractivity contribution < 1.29 is 9.59 Å². The van der Waals surface area contributed by atoms with Crippen molar-refractivity contribution in [1.82, 2.24) is 24.5 Å². The minimum absolute atomic E-state index is 0.0908. The smallest absolute Gasteiger partial charge is 0.252 e. The van der Waals surface area contributed by atoms with Gasteiger partial charge in [-0.05, 0) is 39.0 Å². The van der Waals surface area contributed by atoms with Crippen molar-refractivity contribution in [3.63, 3.8) is 0 Å². The number of amides is 2. The van der Waals surface area contributed by atoms with Crippen LogP contribution in [0.25, 0.3) is 16.2 Å². The molecule has 0 aromatic carbocycles. The van der Waals surface area contributed by atoms with Gasteiger partial charge >= 0.3 is 0 Å². The van der Waals surface area contributed by atoms with Gasteiger partial charge in [0.25, 0.3) is 5.91 Å². The van der Waals surface area contributed by atoms with E-state index in [4.69, 9.17) is 10.7 Å². The summed E-state index contributed by atoms with van der Waals surface area (Å²) >= 11 is 1.55. The molecule has 4 heterocycles. The number of hydrogen-bond acceptors (Lipinski definition) is 8. The van der Waals surface area contributed by atoms with Crippen molar-refractivity contribution in [2.45, 2.75) is 46.1 Å². The molecule has 0 spiro atoms. The maximum Gasteiger partial charge on any atom is 0.252 e. The van der Waals surface area contributed by atoms with E-state index in [1.807, 2.05) is 20.0 Å². The molecule has 34 heavy (non-hydrogen) atoms. The molecule has 1 aliphatic carbocycles. The van der Waals surface area contributed by atoms with Crippen molar-refractivity contribution in [1.29, 1.82) is 5.26 Å². The number of carbonyl (C=O) groups is 2. The fourth-order valence-corrected chi connectivity index (χ4v) is 5.62. The second kappa shape index (κ2) is 8.06. The maximum absolute atomic E-state index is 13.0. The third-order valence-electron chi connectivity index (χ3n) is 6.85. The lowest BCUT2D eigenvalue weighted by molar-refractivity contribution is -0.134. The standard InChI is InChI=1S/C23H26N8O2S/c1-4-14-8-30(22(33)23(11-24)5-6-23)9-16(14)28-18-15(20(25)32)7-26-31-10-17(29-21(18)31)19-12(2)27-13(3)34-19/h7,10,14,16,28H,4-6,8-9H2,1-3H3,(H2,25,32)/t14-,16-/m1/s1. The van der Waals surface area contributed by atoms with Gasteiger partial charge in [-0.15, -0.1) is 11.3 Å². The number of hydrogen-bond donors (Lipinski definition) is 2. The van der Waals surface area contributed by atoms with Crippen LogP contribution in [0.15, 0.2) is 12.4 Å². The molecule has 10 nitrogen and oxygen atoms in total. The van der Waals surface area contributed by atoms with Gasteiger partial charge < -0.3 is 16.0 Å². The lowest BCUT2D eigenvalue weighted by Crippen LogP contribution is -2.36. The van der Waals surface area contributed by atoms with Gasteiger partial charge in [-0.25, -0.2) is 14.5 Å². The van der Waals surface area contributed by atoms with E-state index in [1.54, 1.807) is 20.8 Å². The van der Waals surface area contributed by atoms with E-state index in [1.165, 1.54) is 6.20 Å². The molecule has 0 bridgehead atoms. The molecule has 3 N–H and O–H groups in total. The quantitative estimate of drug-likeness (QED) is 0.554. The fourth-order valence-electron chi connectivity index (χ4n) is 4.74. The molecule has 5 rings (SSSR count). The number of nitriles is 1. The Balaban J connectivity index is 1.51. The molecule has 3 aromatic rings. The number of imidazole rings is 1. The van der Waals surface area contributed by atoms with E-state index in [2.05, 4.69) is 28.4 Å². The zero-order valence-corrected chi connectivity index (χ0v) is 20.1. The molecule has 0 radical (unpaired) electrons. The number of rotatable bonds is 6. The monoisotopic (exact) mass is 478 g/mol. The van der Waals surface area contributed by atoms with Crippen LogP contribution in [0.1, 0.15) is 47.2 Å². The molecule has 2 aliphatic rings. The van der Waals surface area contributed by atoms with E-state index in [-0.39, 0.29) is 23.4 Å². The summed E-state index contributed by atoms with van der Waals surface area (Å²) in [5.41, 5.74) is 7.69. The number of likely N-dealkylation sites (tertiary alicyclic amines) is 1. The largest absolute Gasteiger partial charge is 0.376 e. The molecule has 176 valence electrons. The summed E-state index contributed by atoms with van der Waals surface area (Å²) in [4.78, 5) is 37.2. The molecule has 1 aliphatic heterocycles. The minimum atomic E-state index is -0.849. The van der Waals surface area contributed by atoms with Crippen molar-refractivity contribution in [2.75, 3.05) is 18.4 Å². The van der Waals surface area contributed by atoms with Gasteiger partial charge in [0.05, 0.1) is 45.3 Å². The van der Waals surface area contributed by atoms with Crippen molar-refractivity contribution in [3.05, 3.63) is 28.7 Å². The van der Waals surface area contributed by atoms with Gasteiger partial charge in [-0.2, -0.15) is 10.4 Å². The summed E-state index contributed by atoms with van der Waals surface area (Å²) in [6.45, 7) is 6.98. The third-order valence-corrected chi connectivity index (χ3v) is 7.94. The first-order chi connectivity index (χ1) is 16.3. The molecular weight excluding hydrogens is 452 g/mol. The lowest BCUT2D eigenvalue weighted by atomic mass is 10.0. The Hall–Kier alpha value is -3.52. The first-order valence-electron chi connectivity index (χ1n) is 11.4. The number of nitrogens with two attached hydrogens (primary N) is 1. The molecule has 0 unspecified atom stereocenters. The predicted molar refractivity (Wildman–Crippen MR) is 127 cm³/mol. The molecule has 3 aromatic heterocycles. The van der Waals surface area contributed by atoms with Crippen LogP contribution in [0.5, 0.6) is 0 Å². The maximum atomic E-state index is 13.0. The zero-order valence-electron chi connectivity index (χ0n) is 19.3. The van der Waals surface area contributed by atoms with E-state index >= 15 is 0 Å². The fraction of sp³-hybridized carbons (Fsp3) is 0.478. The molecule has 2 amide bonds. The number of carbonyl (C=O) groups excluding carboxylic acids is 2. The van der Waals surface area contributed by atoms with E-state index in [9.17, 15) is 14.9 Å². The van der Waals surface area contributed by atoms with Crippen LogP contribution in [0.3, 0.4) is 0 Å². The highest BCUT2D eigenvalue weighted by atomic mass is 32.1. The second-order valence-electron chi connectivity index (χ2n) is 9.16. The normalized spacial score (nSPS) is 20.9. The number of anilines is 1. The van der Waals surface area contributed by atoms with Crippen LogP contribution in [-0.4, -0.2) is 55.4 Å². The van der Waals surface area contributed by atoms with Gasteiger partial charge in [0.15, 0.2) is 5.65 Å². The highest BCUT2D eigenvalue weighted by Gasteiger charge is 2.54. The Morgan fingerprint density at radius 2 is 2.09 bits per heavy atom. The number of fused-ring (bicyclic) bond motifs is 1. The molecule has 1 saturated heterocycles. The summed E-state index contributed by atoms with van der Waals surface area (Å²) in [5.74, 6) is -0.535. The Morgan fingerprint density at radius 1 is 1.32 bits per heavy atom. The number of aryl methyl sites for hydroxylation is 2. The van der Waals surface area contributed by atoms with Gasteiger partial charge in [0.2, 0.25) is 5.91 Å². The van der Waals surface area contributed by atoms with Crippen molar-refractivity contribution in [3.8, 4) is 16.6 Å². The summed E-state index contributed by atoms with van der Waals surface area (Å²) in [6, 6.07) is 2.09. The minimum Gasteiger partial charge on any atom is -0.376 e. The Kier molecular flexibility index (Phi) is 5.28. The number of nitrogens with one attached hydrogen (secondary N) is 1. The van der Waals surface area contributed by atoms with Gasteiger partial charge in [-0.1, -0.05) is 6.92 Å². The van der Waals surface area contributed by atoms with Crippen LogP contribution in [-0.2, 0) is 4.79 Å². The molecule has 2 fully saturated rings. The van der Waals surface area contributed by atoms with Crippen molar-refractivity contribution in [2.24, 2.45) is 17.1 Å². The highest BCUT2D eigenvalue weighted by Crippen LogP contribution is 2.47. The Bertz CT molecular complexity index is 1350. The second-order valence-corrected chi connectivity index (χ2v) is 10.4.